The van der Waals surface area contributed by atoms with E-state index in [1.54, 1.807) is 18.3 Å². The summed E-state index contributed by atoms with van der Waals surface area (Å²) in [5, 5.41) is 6.29. The van der Waals surface area contributed by atoms with Crippen LogP contribution in [0.1, 0.15) is 23.5 Å². The topological polar surface area (TPSA) is 88.5 Å². The molecular weight excluding hydrogens is 542 g/mol. The van der Waals surface area contributed by atoms with Gasteiger partial charge in [0.05, 0.1) is 30.8 Å². The van der Waals surface area contributed by atoms with E-state index < -0.39 is 10.0 Å². The first-order valence-corrected chi connectivity index (χ1v) is 15.0. The van der Waals surface area contributed by atoms with Crippen LogP contribution in [0.3, 0.4) is 0 Å². The molecular formula is C30H27N5O3S2. The van der Waals surface area contributed by atoms with Gasteiger partial charge in [0.15, 0.2) is 5.11 Å². The van der Waals surface area contributed by atoms with Crippen molar-refractivity contribution >= 4 is 49.5 Å². The standard InChI is InChI=1S/C30H27N5O3S2/c1-38-27-15-14-23(19-25(27)33-40(2,36)37)35-29(28(32-30(35)39)24-10-5-6-16-31-24)26-11-7-17-34(26)22-13-12-20-8-3-4-9-21(20)18-22/h3-19,28-29,33H,1-2H3,(H,32,39)/t28-,29+/m0/s1. The number of methoxy groups -OCH3 is 1. The average Bonchev–Trinajstić information content (AvgIpc) is 3.56. The molecule has 3 aromatic carbocycles. The van der Waals surface area contributed by atoms with E-state index in [2.05, 4.69) is 56.0 Å². The van der Waals surface area contributed by atoms with Crippen LogP contribution in [0.4, 0.5) is 11.4 Å². The molecule has 0 bridgehead atoms. The summed E-state index contributed by atoms with van der Waals surface area (Å²) in [6, 6.07) is 29.3. The Morgan fingerprint density at radius 1 is 0.925 bits per heavy atom. The summed E-state index contributed by atoms with van der Waals surface area (Å²) >= 11 is 5.90. The Morgan fingerprint density at radius 3 is 2.45 bits per heavy atom. The largest absolute Gasteiger partial charge is 0.495 e. The SMILES string of the molecule is COc1ccc(N2C(=S)N[C@@H](c3ccccn3)[C@H]2c2cccn2-c2ccc3ccccc3c2)cc1NS(C)(=O)=O. The second-order valence-corrected chi connectivity index (χ2v) is 11.7. The van der Waals surface area contributed by atoms with Gasteiger partial charge in [-0.25, -0.2) is 8.42 Å². The predicted octanol–water partition coefficient (Wildman–Crippen LogP) is 5.58. The number of anilines is 2. The van der Waals surface area contributed by atoms with Gasteiger partial charge in [-0.2, -0.15) is 0 Å². The maximum atomic E-state index is 12.1. The van der Waals surface area contributed by atoms with Crippen molar-refractivity contribution in [3.05, 3.63) is 115 Å². The fraction of sp³-hybridized carbons (Fsp3) is 0.133. The zero-order valence-electron chi connectivity index (χ0n) is 21.9. The molecule has 202 valence electrons. The fourth-order valence-electron chi connectivity index (χ4n) is 5.26. The van der Waals surface area contributed by atoms with Crippen molar-refractivity contribution in [1.29, 1.82) is 0 Å². The monoisotopic (exact) mass is 569 g/mol. The Hall–Kier alpha value is -4.41. The van der Waals surface area contributed by atoms with Crippen LogP contribution in [-0.4, -0.2) is 36.4 Å². The lowest BCUT2D eigenvalue weighted by molar-refractivity contribution is 0.417. The molecule has 1 saturated heterocycles. The number of ether oxygens (including phenoxy) is 1. The number of nitrogens with one attached hydrogen (secondary N) is 2. The van der Waals surface area contributed by atoms with Gasteiger partial charge in [0.25, 0.3) is 0 Å². The van der Waals surface area contributed by atoms with Gasteiger partial charge in [-0.05, 0) is 77.6 Å². The summed E-state index contributed by atoms with van der Waals surface area (Å²) in [6.07, 6.45) is 4.92. The number of rotatable bonds is 7. The maximum Gasteiger partial charge on any atom is 0.229 e. The number of pyridine rings is 1. The van der Waals surface area contributed by atoms with Crippen LogP contribution in [-0.2, 0) is 10.0 Å². The first-order valence-electron chi connectivity index (χ1n) is 12.7. The zero-order chi connectivity index (χ0) is 27.9. The molecule has 6 rings (SSSR count). The minimum absolute atomic E-state index is 0.267. The van der Waals surface area contributed by atoms with Crippen LogP contribution in [0.15, 0.2) is 103 Å². The van der Waals surface area contributed by atoms with Crippen LogP contribution in [0.2, 0.25) is 0 Å². The van der Waals surface area contributed by atoms with Crippen molar-refractivity contribution < 1.29 is 13.2 Å². The minimum atomic E-state index is -3.55. The molecule has 10 heteroatoms. The van der Waals surface area contributed by atoms with Crippen molar-refractivity contribution in [3.63, 3.8) is 0 Å². The van der Waals surface area contributed by atoms with Crippen molar-refractivity contribution in [1.82, 2.24) is 14.9 Å². The van der Waals surface area contributed by atoms with Crippen molar-refractivity contribution in [2.75, 3.05) is 23.0 Å². The number of nitrogens with zero attached hydrogens (tertiary/aromatic N) is 3. The highest BCUT2D eigenvalue weighted by Crippen LogP contribution is 2.44. The highest BCUT2D eigenvalue weighted by Gasteiger charge is 2.42. The molecule has 0 amide bonds. The smallest absolute Gasteiger partial charge is 0.229 e. The van der Waals surface area contributed by atoms with Gasteiger partial charge in [-0.3, -0.25) is 9.71 Å². The predicted molar refractivity (Wildman–Crippen MR) is 163 cm³/mol. The third kappa shape index (κ3) is 4.87. The van der Waals surface area contributed by atoms with Crippen LogP contribution in [0.5, 0.6) is 5.75 Å². The number of hydrogen-bond donors (Lipinski definition) is 2. The lowest BCUT2D eigenvalue weighted by Gasteiger charge is -2.29. The van der Waals surface area contributed by atoms with Crippen LogP contribution in [0, 0.1) is 0 Å². The summed E-state index contributed by atoms with van der Waals surface area (Å²) in [5.74, 6) is 0.407. The maximum absolute atomic E-state index is 12.1. The van der Waals surface area contributed by atoms with Crippen LogP contribution < -0.4 is 19.7 Å². The molecule has 40 heavy (non-hydrogen) atoms. The van der Waals surface area contributed by atoms with E-state index in [-0.39, 0.29) is 12.1 Å². The lowest BCUT2D eigenvalue weighted by Crippen LogP contribution is -2.30. The molecule has 0 aliphatic carbocycles. The van der Waals surface area contributed by atoms with E-state index in [9.17, 15) is 8.42 Å². The molecule has 2 atom stereocenters. The first kappa shape index (κ1) is 25.8. The second kappa shape index (κ2) is 10.3. The van der Waals surface area contributed by atoms with Crippen LogP contribution >= 0.6 is 12.2 Å². The number of hydrogen-bond acceptors (Lipinski definition) is 5. The Morgan fingerprint density at radius 2 is 1.70 bits per heavy atom. The van der Waals surface area contributed by atoms with Gasteiger partial charge >= 0.3 is 0 Å². The van der Waals surface area contributed by atoms with Gasteiger partial charge in [-0.15, -0.1) is 0 Å². The van der Waals surface area contributed by atoms with E-state index in [0.717, 1.165) is 28.7 Å². The molecule has 0 unspecified atom stereocenters. The molecule has 1 aliphatic heterocycles. The summed E-state index contributed by atoms with van der Waals surface area (Å²) in [4.78, 5) is 6.66. The highest BCUT2D eigenvalue weighted by molar-refractivity contribution is 7.92. The average molecular weight is 570 g/mol. The van der Waals surface area contributed by atoms with E-state index in [1.165, 1.54) is 12.5 Å². The van der Waals surface area contributed by atoms with E-state index in [0.29, 0.717) is 22.2 Å². The first-order chi connectivity index (χ1) is 19.3. The molecule has 0 radical (unpaired) electrons. The zero-order valence-corrected chi connectivity index (χ0v) is 23.5. The molecule has 2 aromatic heterocycles. The quantitative estimate of drug-likeness (QED) is 0.247. The third-order valence-electron chi connectivity index (χ3n) is 6.95. The molecule has 1 aliphatic rings. The molecule has 1 fully saturated rings. The van der Waals surface area contributed by atoms with Crippen molar-refractivity contribution in [2.24, 2.45) is 0 Å². The molecule has 0 saturated carbocycles. The molecule has 0 spiro atoms. The van der Waals surface area contributed by atoms with Gasteiger partial charge in [0.1, 0.15) is 11.8 Å². The molecule has 8 nitrogen and oxygen atoms in total. The fourth-order valence-corrected chi connectivity index (χ4v) is 6.16. The van der Waals surface area contributed by atoms with Gasteiger partial charge in [0, 0.05) is 29.5 Å². The van der Waals surface area contributed by atoms with E-state index >= 15 is 0 Å². The summed E-state index contributed by atoms with van der Waals surface area (Å²) in [6.45, 7) is 0. The Kier molecular flexibility index (Phi) is 6.65. The van der Waals surface area contributed by atoms with E-state index in [1.807, 2.05) is 53.6 Å². The van der Waals surface area contributed by atoms with Crippen molar-refractivity contribution in [2.45, 2.75) is 12.1 Å². The normalized spacial score (nSPS) is 17.1. The molecule has 3 heterocycles. The minimum Gasteiger partial charge on any atom is -0.495 e. The van der Waals surface area contributed by atoms with E-state index in [4.69, 9.17) is 17.0 Å². The van der Waals surface area contributed by atoms with Gasteiger partial charge in [0.2, 0.25) is 10.0 Å². The Bertz CT molecular complexity index is 1820. The number of sulfonamides is 1. The highest BCUT2D eigenvalue weighted by atomic mass is 32.2. The number of fused-ring (bicyclic) bond motifs is 1. The molecule has 5 aromatic rings. The van der Waals surface area contributed by atoms with Gasteiger partial charge in [-0.1, -0.05) is 36.4 Å². The number of benzene rings is 3. The third-order valence-corrected chi connectivity index (χ3v) is 7.85. The van der Waals surface area contributed by atoms with Gasteiger partial charge < -0.3 is 19.5 Å². The number of aromatic nitrogens is 2. The lowest BCUT2D eigenvalue weighted by atomic mass is 10.0. The van der Waals surface area contributed by atoms with Crippen LogP contribution in [0.25, 0.3) is 16.5 Å². The Balaban J connectivity index is 1.51. The second-order valence-electron chi connectivity index (χ2n) is 9.59. The molecule has 2 N–H and O–H groups in total. The summed E-state index contributed by atoms with van der Waals surface area (Å²) in [7, 11) is -2.05. The number of thiocarbonyl (C=S) groups is 1. The summed E-state index contributed by atoms with van der Waals surface area (Å²) < 4.78 is 34.4. The van der Waals surface area contributed by atoms with Crippen molar-refractivity contribution in [3.8, 4) is 11.4 Å². The Labute approximate surface area is 238 Å². The summed E-state index contributed by atoms with van der Waals surface area (Å²) in [5.41, 5.74) is 3.89.